The topological polar surface area (TPSA) is 61.4 Å². The van der Waals surface area contributed by atoms with Crippen LogP contribution in [0.1, 0.15) is 22.3 Å². The Morgan fingerprint density at radius 2 is 1.85 bits per heavy atom. The van der Waals surface area contributed by atoms with Crippen LogP contribution in [0.2, 0.25) is 0 Å². The van der Waals surface area contributed by atoms with Gasteiger partial charge in [-0.15, -0.1) is 0 Å². The van der Waals surface area contributed by atoms with Crippen molar-refractivity contribution >= 4 is 11.8 Å². The van der Waals surface area contributed by atoms with Crippen molar-refractivity contribution in [3.8, 4) is 0 Å². The molecule has 5 nitrogen and oxygen atoms in total. The molecular weight excluding hydrogens is 254 g/mol. The summed E-state index contributed by atoms with van der Waals surface area (Å²) in [6, 6.07) is 7.55. The molecular formula is C15H23N3O2. The first-order valence-corrected chi connectivity index (χ1v) is 6.77. The SMILES string of the molecule is CNCCc1ccccc1C(=O)NCCC(=O)N(C)C. The van der Waals surface area contributed by atoms with Crippen LogP contribution in [-0.2, 0) is 11.2 Å². The second kappa shape index (κ2) is 8.32. The smallest absolute Gasteiger partial charge is 0.251 e. The van der Waals surface area contributed by atoms with Crippen LogP contribution in [0.4, 0.5) is 0 Å². The van der Waals surface area contributed by atoms with Gasteiger partial charge in [0.1, 0.15) is 0 Å². The van der Waals surface area contributed by atoms with E-state index in [2.05, 4.69) is 10.6 Å². The molecule has 1 aromatic carbocycles. The Kier molecular flexibility index (Phi) is 6.73. The van der Waals surface area contributed by atoms with Crippen molar-refractivity contribution in [1.29, 1.82) is 0 Å². The van der Waals surface area contributed by atoms with E-state index in [9.17, 15) is 9.59 Å². The lowest BCUT2D eigenvalue weighted by molar-refractivity contribution is -0.128. The minimum Gasteiger partial charge on any atom is -0.352 e. The molecule has 0 aliphatic carbocycles. The standard InChI is InChI=1S/C15H23N3O2/c1-16-10-8-12-6-4-5-7-13(12)15(20)17-11-9-14(19)18(2)3/h4-7,16H,8-11H2,1-3H3,(H,17,20). The average Bonchev–Trinajstić information content (AvgIpc) is 2.45. The van der Waals surface area contributed by atoms with Gasteiger partial charge in [0.15, 0.2) is 0 Å². The van der Waals surface area contributed by atoms with Gasteiger partial charge in [0, 0.05) is 32.6 Å². The molecule has 0 aliphatic heterocycles. The van der Waals surface area contributed by atoms with E-state index in [-0.39, 0.29) is 11.8 Å². The zero-order chi connectivity index (χ0) is 15.0. The van der Waals surface area contributed by atoms with Crippen LogP contribution in [0.25, 0.3) is 0 Å². The Labute approximate surface area is 120 Å². The summed E-state index contributed by atoms with van der Waals surface area (Å²) in [5, 5.41) is 5.87. The Hall–Kier alpha value is -1.88. The molecule has 110 valence electrons. The molecule has 0 saturated carbocycles. The quantitative estimate of drug-likeness (QED) is 0.769. The number of benzene rings is 1. The second-order valence-electron chi connectivity index (χ2n) is 4.80. The lowest BCUT2D eigenvalue weighted by Crippen LogP contribution is -2.30. The molecule has 0 aliphatic rings. The first-order chi connectivity index (χ1) is 9.56. The molecule has 0 bridgehead atoms. The maximum Gasteiger partial charge on any atom is 0.251 e. The highest BCUT2D eigenvalue weighted by Crippen LogP contribution is 2.09. The van der Waals surface area contributed by atoms with Crippen molar-refractivity contribution in [2.45, 2.75) is 12.8 Å². The van der Waals surface area contributed by atoms with Crippen LogP contribution in [0.3, 0.4) is 0 Å². The molecule has 0 saturated heterocycles. The first-order valence-electron chi connectivity index (χ1n) is 6.77. The van der Waals surface area contributed by atoms with Crippen molar-refractivity contribution in [2.75, 3.05) is 34.2 Å². The van der Waals surface area contributed by atoms with Gasteiger partial charge in [-0.3, -0.25) is 9.59 Å². The van der Waals surface area contributed by atoms with E-state index in [0.29, 0.717) is 18.5 Å². The summed E-state index contributed by atoms with van der Waals surface area (Å²) >= 11 is 0. The maximum absolute atomic E-state index is 12.1. The van der Waals surface area contributed by atoms with Crippen LogP contribution in [0, 0.1) is 0 Å². The van der Waals surface area contributed by atoms with E-state index in [0.717, 1.165) is 18.5 Å². The molecule has 0 fully saturated rings. The maximum atomic E-state index is 12.1. The molecule has 1 rings (SSSR count). The zero-order valence-electron chi connectivity index (χ0n) is 12.4. The van der Waals surface area contributed by atoms with Gasteiger partial charge in [-0.25, -0.2) is 0 Å². The van der Waals surface area contributed by atoms with E-state index in [1.54, 1.807) is 14.1 Å². The van der Waals surface area contributed by atoms with E-state index in [4.69, 9.17) is 0 Å². The van der Waals surface area contributed by atoms with Gasteiger partial charge in [-0.05, 0) is 31.6 Å². The zero-order valence-corrected chi connectivity index (χ0v) is 12.4. The number of carbonyl (C=O) groups is 2. The fourth-order valence-electron chi connectivity index (χ4n) is 1.82. The fourth-order valence-corrected chi connectivity index (χ4v) is 1.82. The Morgan fingerprint density at radius 1 is 1.15 bits per heavy atom. The number of hydrogen-bond donors (Lipinski definition) is 2. The molecule has 5 heteroatoms. The van der Waals surface area contributed by atoms with E-state index >= 15 is 0 Å². The van der Waals surface area contributed by atoms with E-state index in [1.807, 2.05) is 31.3 Å². The third-order valence-corrected chi connectivity index (χ3v) is 3.03. The van der Waals surface area contributed by atoms with Gasteiger partial charge in [0.25, 0.3) is 5.91 Å². The summed E-state index contributed by atoms with van der Waals surface area (Å²) in [5.41, 5.74) is 1.69. The third kappa shape index (κ3) is 5.01. The summed E-state index contributed by atoms with van der Waals surface area (Å²) in [5.74, 6) is -0.114. The fraction of sp³-hybridized carbons (Fsp3) is 0.467. The van der Waals surface area contributed by atoms with Crippen molar-refractivity contribution in [1.82, 2.24) is 15.5 Å². The van der Waals surface area contributed by atoms with Gasteiger partial charge in [-0.1, -0.05) is 18.2 Å². The number of nitrogens with zero attached hydrogens (tertiary/aromatic N) is 1. The van der Waals surface area contributed by atoms with E-state index < -0.39 is 0 Å². The predicted molar refractivity (Wildman–Crippen MR) is 79.7 cm³/mol. The molecule has 1 aromatic rings. The molecule has 0 spiro atoms. The minimum atomic E-state index is -0.122. The van der Waals surface area contributed by atoms with Crippen LogP contribution in [0.5, 0.6) is 0 Å². The van der Waals surface area contributed by atoms with Gasteiger partial charge in [0.2, 0.25) is 5.91 Å². The van der Waals surface area contributed by atoms with Crippen LogP contribution >= 0.6 is 0 Å². The van der Waals surface area contributed by atoms with Gasteiger partial charge in [-0.2, -0.15) is 0 Å². The number of rotatable bonds is 7. The normalized spacial score (nSPS) is 10.2. The van der Waals surface area contributed by atoms with Crippen molar-refractivity contribution in [3.63, 3.8) is 0 Å². The van der Waals surface area contributed by atoms with E-state index in [1.165, 1.54) is 4.90 Å². The third-order valence-electron chi connectivity index (χ3n) is 3.03. The van der Waals surface area contributed by atoms with Crippen molar-refractivity contribution in [3.05, 3.63) is 35.4 Å². The molecule has 0 heterocycles. The second-order valence-corrected chi connectivity index (χ2v) is 4.80. The van der Waals surface area contributed by atoms with Crippen molar-refractivity contribution in [2.24, 2.45) is 0 Å². The molecule has 0 aromatic heterocycles. The summed E-state index contributed by atoms with van der Waals surface area (Å²) in [4.78, 5) is 25.1. The van der Waals surface area contributed by atoms with Crippen LogP contribution in [-0.4, -0.2) is 50.9 Å². The average molecular weight is 277 g/mol. The summed E-state index contributed by atoms with van der Waals surface area (Å²) in [7, 11) is 5.30. The van der Waals surface area contributed by atoms with Crippen LogP contribution < -0.4 is 10.6 Å². The molecule has 2 amide bonds. The lowest BCUT2D eigenvalue weighted by Gasteiger charge is -2.12. The Bertz CT molecular complexity index is 458. The largest absolute Gasteiger partial charge is 0.352 e. The summed E-state index contributed by atoms with van der Waals surface area (Å²) < 4.78 is 0. The molecule has 0 radical (unpaired) electrons. The van der Waals surface area contributed by atoms with Crippen molar-refractivity contribution < 1.29 is 9.59 Å². The number of carbonyl (C=O) groups excluding carboxylic acids is 2. The van der Waals surface area contributed by atoms with Gasteiger partial charge >= 0.3 is 0 Å². The molecule has 20 heavy (non-hydrogen) atoms. The molecule has 0 atom stereocenters. The monoisotopic (exact) mass is 277 g/mol. The summed E-state index contributed by atoms with van der Waals surface area (Å²) in [6.07, 6.45) is 1.12. The highest BCUT2D eigenvalue weighted by Gasteiger charge is 2.11. The predicted octanol–water partition coefficient (Wildman–Crippen LogP) is 0.657. The highest BCUT2D eigenvalue weighted by molar-refractivity contribution is 5.95. The Balaban J connectivity index is 2.56. The van der Waals surface area contributed by atoms with Gasteiger partial charge in [0.05, 0.1) is 0 Å². The Morgan fingerprint density at radius 3 is 2.50 bits per heavy atom. The van der Waals surface area contributed by atoms with Gasteiger partial charge < -0.3 is 15.5 Å². The number of nitrogens with one attached hydrogen (secondary N) is 2. The highest BCUT2D eigenvalue weighted by atomic mass is 16.2. The number of amides is 2. The minimum absolute atomic E-state index is 0.00812. The number of likely N-dealkylation sites (N-methyl/N-ethyl adjacent to an activating group) is 1. The van der Waals surface area contributed by atoms with Crippen LogP contribution in [0.15, 0.2) is 24.3 Å². The molecule has 2 N–H and O–H groups in total. The summed E-state index contributed by atoms with van der Waals surface area (Å²) in [6.45, 7) is 1.18. The molecule has 0 unspecified atom stereocenters. The lowest BCUT2D eigenvalue weighted by atomic mass is 10.0. The number of hydrogen-bond acceptors (Lipinski definition) is 3. The first kappa shape index (κ1) is 16.2.